The summed E-state index contributed by atoms with van der Waals surface area (Å²) in [4.78, 5) is 28.9. The van der Waals surface area contributed by atoms with Gasteiger partial charge in [-0.15, -0.1) is 0 Å². The van der Waals surface area contributed by atoms with Crippen molar-refractivity contribution in [2.75, 3.05) is 24.5 Å². The van der Waals surface area contributed by atoms with Crippen LogP contribution in [0.15, 0.2) is 83.8 Å². The summed E-state index contributed by atoms with van der Waals surface area (Å²) in [6.07, 6.45) is 2.14. The van der Waals surface area contributed by atoms with Crippen LogP contribution in [0.4, 0.5) is 5.69 Å². The van der Waals surface area contributed by atoms with E-state index >= 15 is 0 Å². The summed E-state index contributed by atoms with van der Waals surface area (Å²) in [6.45, 7) is 6.06. The number of rotatable bonds is 14. The summed E-state index contributed by atoms with van der Waals surface area (Å²) < 4.78 is 34.1. The molecule has 2 amide bonds. The van der Waals surface area contributed by atoms with E-state index in [0.29, 0.717) is 24.4 Å². The molecule has 9 heteroatoms. The molecular weight excluding hydrogens is 526 g/mol. The number of nitrogens with one attached hydrogen (secondary N) is 1. The number of benzene rings is 3. The van der Waals surface area contributed by atoms with E-state index in [9.17, 15) is 18.0 Å². The van der Waals surface area contributed by atoms with Crippen LogP contribution in [0.25, 0.3) is 0 Å². The van der Waals surface area contributed by atoms with Gasteiger partial charge in [0.05, 0.1) is 17.7 Å². The Morgan fingerprint density at radius 1 is 0.925 bits per heavy atom. The van der Waals surface area contributed by atoms with Crippen molar-refractivity contribution in [3.63, 3.8) is 0 Å². The van der Waals surface area contributed by atoms with Crippen molar-refractivity contribution in [1.29, 1.82) is 0 Å². The molecule has 3 rings (SSSR count). The Morgan fingerprint density at radius 3 is 2.17 bits per heavy atom. The predicted octanol–water partition coefficient (Wildman–Crippen LogP) is 4.92. The first-order chi connectivity index (χ1) is 19.2. The summed E-state index contributed by atoms with van der Waals surface area (Å²) in [6, 6.07) is 21.5. The van der Waals surface area contributed by atoms with Crippen molar-refractivity contribution in [3.05, 3.63) is 90.0 Å². The Bertz CT molecular complexity index is 1360. The number of anilines is 1. The van der Waals surface area contributed by atoms with Crippen molar-refractivity contribution in [2.45, 2.75) is 57.5 Å². The van der Waals surface area contributed by atoms with Gasteiger partial charge in [0.25, 0.3) is 10.0 Å². The number of methoxy groups -OCH3 is 1. The molecule has 0 fully saturated rings. The fraction of sp³-hybridized carbons (Fsp3) is 0.355. The second kappa shape index (κ2) is 14.5. The summed E-state index contributed by atoms with van der Waals surface area (Å²) >= 11 is 0. The lowest BCUT2D eigenvalue weighted by atomic mass is 10.1. The van der Waals surface area contributed by atoms with Gasteiger partial charge in [0, 0.05) is 13.1 Å². The molecular formula is C31H39N3O5S. The molecule has 0 spiro atoms. The van der Waals surface area contributed by atoms with E-state index in [4.69, 9.17) is 4.74 Å². The maximum Gasteiger partial charge on any atom is 0.264 e. The highest BCUT2D eigenvalue weighted by Crippen LogP contribution is 2.26. The van der Waals surface area contributed by atoms with Gasteiger partial charge >= 0.3 is 0 Å². The van der Waals surface area contributed by atoms with Crippen LogP contribution >= 0.6 is 0 Å². The number of aryl methyl sites for hydroxylation is 1. The van der Waals surface area contributed by atoms with Gasteiger partial charge < -0.3 is 15.0 Å². The number of ether oxygens (including phenoxy) is 1. The normalized spacial score (nSPS) is 11.9. The fourth-order valence-corrected chi connectivity index (χ4v) is 5.81. The number of unbranched alkanes of at least 4 members (excludes halogenated alkanes) is 1. The summed E-state index contributed by atoms with van der Waals surface area (Å²) in [5.41, 5.74) is 2.22. The quantitative estimate of drug-likeness (QED) is 0.280. The topological polar surface area (TPSA) is 96.0 Å². The second-order valence-corrected chi connectivity index (χ2v) is 11.4. The zero-order chi connectivity index (χ0) is 29.1. The zero-order valence-electron chi connectivity index (χ0n) is 23.7. The van der Waals surface area contributed by atoms with Gasteiger partial charge in [-0.05, 0) is 67.3 Å². The smallest absolute Gasteiger partial charge is 0.264 e. The summed E-state index contributed by atoms with van der Waals surface area (Å²) in [5.74, 6) is -0.200. The van der Waals surface area contributed by atoms with E-state index in [1.165, 1.54) is 24.1 Å². The van der Waals surface area contributed by atoms with Gasteiger partial charge in [0.15, 0.2) is 0 Å². The van der Waals surface area contributed by atoms with Gasteiger partial charge in [-0.2, -0.15) is 0 Å². The molecule has 0 radical (unpaired) electrons. The SMILES string of the molecule is CCCCNC(=O)[C@H](CC)N(Cc1ccccc1C)C(=O)CN(c1ccccc1)S(=O)(=O)c1ccc(OC)cc1. The van der Waals surface area contributed by atoms with Crippen LogP contribution in [-0.2, 0) is 26.2 Å². The van der Waals surface area contributed by atoms with Gasteiger partial charge in [0.1, 0.15) is 18.3 Å². The maximum absolute atomic E-state index is 14.1. The van der Waals surface area contributed by atoms with Crippen molar-refractivity contribution in [1.82, 2.24) is 10.2 Å². The molecule has 214 valence electrons. The molecule has 1 N–H and O–H groups in total. The van der Waals surface area contributed by atoms with E-state index in [1.54, 1.807) is 42.5 Å². The summed E-state index contributed by atoms with van der Waals surface area (Å²) in [7, 11) is -2.63. The Hall–Kier alpha value is -3.85. The molecule has 0 bridgehead atoms. The molecule has 3 aromatic carbocycles. The monoisotopic (exact) mass is 565 g/mol. The number of para-hydroxylation sites is 1. The van der Waals surface area contributed by atoms with Crippen LogP contribution in [0, 0.1) is 6.92 Å². The van der Waals surface area contributed by atoms with Crippen LogP contribution < -0.4 is 14.4 Å². The van der Waals surface area contributed by atoms with Crippen LogP contribution in [0.1, 0.15) is 44.2 Å². The van der Waals surface area contributed by atoms with Crippen molar-refractivity contribution in [3.8, 4) is 5.75 Å². The molecule has 3 aromatic rings. The molecule has 0 saturated heterocycles. The van der Waals surface area contributed by atoms with Gasteiger partial charge in [-0.25, -0.2) is 8.42 Å². The van der Waals surface area contributed by atoms with E-state index in [-0.39, 0.29) is 17.3 Å². The third-order valence-electron chi connectivity index (χ3n) is 6.79. The lowest BCUT2D eigenvalue weighted by Crippen LogP contribution is -2.52. The number of nitrogens with zero attached hydrogens (tertiary/aromatic N) is 2. The molecule has 0 aliphatic rings. The third kappa shape index (κ3) is 7.63. The molecule has 0 unspecified atom stereocenters. The maximum atomic E-state index is 14.1. The van der Waals surface area contributed by atoms with E-state index < -0.39 is 28.5 Å². The Kier molecular flexibility index (Phi) is 11.1. The number of carbonyl (C=O) groups is 2. The number of carbonyl (C=O) groups excluding carboxylic acids is 2. The standard InChI is InChI=1S/C31H39N3O5S/c1-5-7-21-32-31(36)29(6-2)33(22-25-14-12-11-13-24(25)3)30(35)23-34(26-15-9-8-10-16-26)40(37,38)28-19-17-27(39-4)18-20-28/h8-20,29H,5-7,21-23H2,1-4H3,(H,32,36)/t29-/m0/s1. The molecule has 0 aliphatic carbocycles. The van der Waals surface area contributed by atoms with E-state index in [2.05, 4.69) is 5.32 Å². The Balaban J connectivity index is 2.02. The lowest BCUT2D eigenvalue weighted by Gasteiger charge is -2.33. The van der Waals surface area contributed by atoms with Crippen molar-refractivity contribution < 1.29 is 22.7 Å². The van der Waals surface area contributed by atoms with Crippen LogP contribution in [-0.4, -0.2) is 51.4 Å². The lowest BCUT2D eigenvalue weighted by molar-refractivity contribution is -0.140. The number of hydrogen-bond donors (Lipinski definition) is 1. The van der Waals surface area contributed by atoms with Gasteiger partial charge in [0.2, 0.25) is 11.8 Å². The average Bonchev–Trinajstić information content (AvgIpc) is 2.97. The first-order valence-electron chi connectivity index (χ1n) is 13.6. The first-order valence-corrected chi connectivity index (χ1v) is 15.0. The number of amides is 2. The second-order valence-electron chi connectivity index (χ2n) is 9.54. The minimum atomic E-state index is -4.13. The third-order valence-corrected chi connectivity index (χ3v) is 8.58. The number of sulfonamides is 1. The van der Waals surface area contributed by atoms with Crippen LogP contribution in [0.5, 0.6) is 5.75 Å². The van der Waals surface area contributed by atoms with Gasteiger partial charge in [-0.1, -0.05) is 62.7 Å². The Morgan fingerprint density at radius 2 is 1.57 bits per heavy atom. The first kappa shape index (κ1) is 30.7. The van der Waals surface area contributed by atoms with Crippen LogP contribution in [0.2, 0.25) is 0 Å². The molecule has 0 heterocycles. The molecule has 0 saturated carbocycles. The van der Waals surface area contributed by atoms with Crippen molar-refractivity contribution in [2.24, 2.45) is 0 Å². The minimum absolute atomic E-state index is 0.0276. The molecule has 40 heavy (non-hydrogen) atoms. The Labute approximate surface area is 238 Å². The largest absolute Gasteiger partial charge is 0.497 e. The number of hydrogen-bond acceptors (Lipinski definition) is 5. The average molecular weight is 566 g/mol. The summed E-state index contributed by atoms with van der Waals surface area (Å²) in [5, 5.41) is 2.95. The highest BCUT2D eigenvalue weighted by molar-refractivity contribution is 7.92. The molecule has 0 aromatic heterocycles. The molecule has 8 nitrogen and oxygen atoms in total. The van der Waals surface area contributed by atoms with E-state index in [0.717, 1.165) is 28.3 Å². The van der Waals surface area contributed by atoms with Crippen molar-refractivity contribution >= 4 is 27.5 Å². The molecule has 1 atom stereocenters. The fourth-order valence-electron chi connectivity index (χ4n) is 4.39. The van der Waals surface area contributed by atoms with E-state index in [1.807, 2.05) is 45.0 Å². The minimum Gasteiger partial charge on any atom is -0.497 e. The zero-order valence-corrected chi connectivity index (χ0v) is 24.5. The van der Waals surface area contributed by atoms with Gasteiger partial charge in [-0.3, -0.25) is 13.9 Å². The highest BCUT2D eigenvalue weighted by Gasteiger charge is 2.33. The van der Waals surface area contributed by atoms with Crippen LogP contribution in [0.3, 0.4) is 0 Å². The predicted molar refractivity (Wildman–Crippen MR) is 158 cm³/mol. The molecule has 0 aliphatic heterocycles. The highest BCUT2D eigenvalue weighted by atomic mass is 32.2.